The van der Waals surface area contributed by atoms with Gasteiger partial charge in [0.05, 0.1) is 0 Å². The highest BCUT2D eigenvalue weighted by atomic mass is 32.2. The lowest BCUT2D eigenvalue weighted by molar-refractivity contribution is -0.146. The van der Waals surface area contributed by atoms with Crippen LogP contribution in [-0.2, 0) is 20.7 Å². The number of fused-ring (bicyclic) bond motifs is 1. The largest absolute Gasteiger partial charge is 0.444 e. The number of carbonyl (C=O) groups excluding carboxylic acids is 3. The van der Waals surface area contributed by atoms with Crippen LogP contribution in [0.15, 0.2) is 66.7 Å². The minimum atomic E-state index is -0.952. The molecular formula is C34H45N3O4S. The van der Waals surface area contributed by atoms with Gasteiger partial charge in [-0.05, 0) is 100 Å². The number of aryl methyl sites for hydroxylation is 1. The summed E-state index contributed by atoms with van der Waals surface area (Å²) in [6, 6.07) is 19.7. The Morgan fingerprint density at radius 1 is 0.905 bits per heavy atom. The van der Waals surface area contributed by atoms with E-state index < -0.39 is 29.3 Å². The number of amides is 3. The van der Waals surface area contributed by atoms with E-state index in [1.807, 2.05) is 93.8 Å². The topological polar surface area (TPSA) is 87.7 Å². The highest BCUT2D eigenvalue weighted by Crippen LogP contribution is 2.32. The second kappa shape index (κ2) is 14.1. The molecule has 0 aromatic heterocycles. The molecule has 0 saturated heterocycles. The Kier molecular flexibility index (Phi) is 11.1. The van der Waals surface area contributed by atoms with Gasteiger partial charge in [0.2, 0.25) is 5.91 Å². The molecular weight excluding hydrogens is 546 g/mol. The first-order valence-corrected chi connectivity index (χ1v) is 15.8. The molecule has 226 valence electrons. The molecule has 3 amide bonds. The Hall–Kier alpha value is -3.52. The van der Waals surface area contributed by atoms with E-state index in [9.17, 15) is 14.4 Å². The number of nitrogens with one attached hydrogen (secondary N) is 2. The summed E-state index contributed by atoms with van der Waals surface area (Å²) in [5, 5.41) is 7.94. The zero-order valence-corrected chi connectivity index (χ0v) is 26.9. The summed E-state index contributed by atoms with van der Waals surface area (Å²) < 4.78 is 5.49. The third kappa shape index (κ3) is 8.99. The van der Waals surface area contributed by atoms with Gasteiger partial charge in [-0.15, -0.1) is 0 Å². The van der Waals surface area contributed by atoms with Gasteiger partial charge < -0.3 is 20.3 Å². The van der Waals surface area contributed by atoms with Gasteiger partial charge in [0.25, 0.3) is 5.91 Å². The van der Waals surface area contributed by atoms with Crippen molar-refractivity contribution < 1.29 is 19.1 Å². The number of hydrogen-bond donors (Lipinski definition) is 2. The van der Waals surface area contributed by atoms with Crippen LogP contribution in [0.25, 0.3) is 10.8 Å². The van der Waals surface area contributed by atoms with Crippen molar-refractivity contribution in [3.05, 3.63) is 77.9 Å². The maximum Gasteiger partial charge on any atom is 0.408 e. The molecule has 0 radical (unpaired) electrons. The van der Waals surface area contributed by atoms with E-state index in [2.05, 4.69) is 17.6 Å². The Balaban J connectivity index is 2.06. The van der Waals surface area contributed by atoms with Crippen molar-refractivity contribution in [2.24, 2.45) is 0 Å². The molecule has 42 heavy (non-hydrogen) atoms. The quantitative estimate of drug-likeness (QED) is 0.257. The van der Waals surface area contributed by atoms with Gasteiger partial charge in [-0.2, -0.15) is 11.8 Å². The molecule has 0 spiro atoms. The summed E-state index contributed by atoms with van der Waals surface area (Å²) in [4.78, 5) is 43.1. The Morgan fingerprint density at radius 2 is 1.55 bits per heavy atom. The SMILES string of the molecule is CCc1ccc(C(C(=O)Nc2ccc3ccccc3c2)N(C(=O)C(CCSC)NC(=O)OC(C)(C)C)C(C)(C)C)cc1. The smallest absolute Gasteiger partial charge is 0.408 e. The molecule has 3 rings (SSSR count). The summed E-state index contributed by atoms with van der Waals surface area (Å²) in [6.45, 7) is 13.1. The number of nitrogens with zero attached hydrogens (tertiary/aromatic N) is 1. The second-order valence-corrected chi connectivity index (χ2v) is 13.4. The molecule has 3 aromatic carbocycles. The first-order valence-electron chi connectivity index (χ1n) is 14.4. The van der Waals surface area contributed by atoms with Crippen LogP contribution in [0.3, 0.4) is 0 Å². The van der Waals surface area contributed by atoms with Gasteiger partial charge >= 0.3 is 6.09 Å². The van der Waals surface area contributed by atoms with E-state index in [1.54, 1.807) is 37.4 Å². The number of ether oxygens (including phenoxy) is 1. The number of benzene rings is 3. The predicted molar refractivity (Wildman–Crippen MR) is 174 cm³/mol. The van der Waals surface area contributed by atoms with Gasteiger partial charge in [-0.3, -0.25) is 9.59 Å². The molecule has 7 nitrogen and oxygen atoms in total. The first-order chi connectivity index (χ1) is 19.7. The van der Waals surface area contributed by atoms with Crippen molar-refractivity contribution in [1.82, 2.24) is 10.2 Å². The third-order valence-corrected chi connectivity index (χ3v) is 7.43. The van der Waals surface area contributed by atoms with Gasteiger partial charge in [0, 0.05) is 11.2 Å². The van der Waals surface area contributed by atoms with Gasteiger partial charge in [-0.25, -0.2) is 4.79 Å². The monoisotopic (exact) mass is 591 g/mol. The van der Waals surface area contributed by atoms with Crippen LogP contribution in [-0.4, -0.2) is 52.0 Å². The van der Waals surface area contributed by atoms with Gasteiger partial charge in [0.1, 0.15) is 17.7 Å². The molecule has 0 heterocycles. The van der Waals surface area contributed by atoms with Crippen LogP contribution >= 0.6 is 11.8 Å². The summed E-state index contributed by atoms with van der Waals surface area (Å²) in [5.41, 5.74) is 0.977. The highest BCUT2D eigenvalue weighted by molar-refractivity contribution is 7.98. The number of thioether (sulfide) groups is 1. The van der Waals surface area contributed by atoms with E-state index in [0.717, 1.165) is 22.8 Å². The maximum absolute atomic E-state index is 14.4. The van der Waals surface area contributed by atoms with Crippen molar-refractivity contribution in [3.63, 3.8) is 0 Å². The van der Waals surface area contributed by atoms with E-state index >= 15 is 0 Å². The molecule has 8 heteroatoms. The normalized spacial score (nSPS) is 13.2. The summed E-state index contributed by atoms with van der Waals surface area (Å²) in [5.74, 6) is -0.0390. The van der Waals surface area contributed by atoms with Crippen molar-refractivity contribution >= 4 is 46.1 Å². The fourth-order valence-electron chi connectivity index (χ4n) is 4.79. The van der Waals surface area contributed by atoms with E-state index in [0.29, 0.717) is 23.4 Å². The molecule has 0 aliphatic heterocycles. The molecule has 2 atom stereocenters. The fourth-order valence-corrected chi connectivity index (χ4v) is 5.26. The molecule has 2 unspecified atom stereocenters. The first kappa shape index (κ1) is 33.0. The number of alkyl carbamates (subject to hydrolysis) is 1. The maximum atomic E-state index is 14.4. The number of anilines is 1. The van der Waals surface area contributed by atoms with E-state index in [-0.39, 0.29) is 11.8 Å². The standard InChI is InChI=1S/C34H45N3O4S/c1-9-23-14-16-25(17-15-23)29(30(38)35-27-19-18-24-12-10-11-13-26(24)22-27)37(33(2,3)4)31(39)28(20-21-42-8)36-32(40)41-34(5,6)7/h10-19,22,28-29H,9,20-21H2,1-8H3,(H,35,38)(H,36,40). The second-order valence-electron chi connectivity index (χ2n) is 12.4. The molecule has 0 aliphatic rings. The minimum absolute atomic E-state index is 0.335. The molecule has 0 aliphatic carbocycles. The number of carbonyl (C=O) groups is 3. The number of hydrogen-bond acceptors (Lipinski definition) is 5. The number of rotatable bonds is 10. The van der Waals surface area contributed by atoms with Crippen molar-refractivity contribution in [2.75, 3.05) is 17.3 Å². The minimum Gasteiger partial charge on any atom is -0.444 e. The Labute approximate surface area is 254 Å². The zero-order valence-electron chi connectivity index (χ0n) is 26.1. The molecule has 3 aromatic rings. The lowest BCUT2D eigenvalue weighted by Gasteiger charge is -2.43. The molecule has 2 N–H and O–H groups in total. The predicted octanol–water partition coefficient (Wildman–Crippen LogP) is 7.36. The molecule has 0 saturated carbocycles. The van der Waals surface area contributed by atoms with Crippen LogP contribution in [0.4, 0.5) is 10.5 Å². The van der Waals surface area contributed by atoms with Crippen LogP contribution in [0.1, 0.15) is 72.1 Å². The third-order valence-electron chi connectivity index (χ3n) is 6.79. The average molecular weight is 592 g/mol. The summed E-state index contributed by atoms with van der Waals surface area (Å²) in [7, 11) is 0. The van der Waals surface area contributed by atoms with Crippen molar-refractivity contribution in [3.8, 4) is 0 Å². The lowest BCUT2D eigenvalue weighted by atomic mass is 9.94. The van der Waals surface area contributed by atoms with Gasteiger partial charge in [-0.1, -0.05) is 61.5 Å². The molecule has 0 bridgehead atoms. The van der Waals surface area contributed by atoms with Gasteiger partial charge in [0.15, 0.2) is 0 Å². The highest BCUT2D eigenvalue weighted by Gasteiger charge is 2.41. The van der Waals surface area contributed by atoms with E-state index in [4.69, 9.17) is 4.74 Å². The van der Waals surface area contributed by atoms with Crippen molar-refractivity contribution in [2.45, 2.75) is 84.5 Å². The van der Waals surface area contributed by atoms with Crippen LogP contribution in [0.2, 0.25) is 0 Å². The Morgan fingerprint density at radius 3 is 2.12 bits per heavy atom. The van der Waals surface area contributed by atoms with Crippen LogP contribution in [0.5, 0.6) is 0 Å². The van der Waals surface area contributed by atoms with Crippen LogP contribution < -0.4 is 10.6 Å². The molecule has 0 fully saturated rings. The van der Waals surface area contributed by atoms with Crippen LogP contribution in [0, 0.1) is 0 Å². The average Bonchev–Trinajstić information content (AvgIpc) is 2.91. The summed E-state index contributed by atoms with van der Waals surface area (Å²) >= 11 is 1.58. The zero-order chi connectivity index (χ0) is 31.1. The Bertz CT molecular complexity index is 1380. The van der Waals surface area contributed by atoms with Crippen molar-refractivity contribution in [1.29, 1.82) is 0 Å². The van der Waals surface area contributed by atoms with E-state index in [1.165, 1.54) is 0 Å². The fraction of sp³-hybridized carbons (Fsp3) is 0.441. The lowest BCUT2D eigenvalue weighted by Crippen LogP contribution is -2.58. The summed E-state index contributed by atoms with van der Waals surface area (Å²) in [6.07, 6.45) is 2.53.